The Morgan fingerprint density at radius 1 is 1.15 bits per heavy atom. The number of carbonyl (C=O) groups is 1. The van der Waals surface area contributed by atoms with Gasteiger partial charge in [-0.25, -0.2) is 4.79 Å². The smallest absolute Gasteiger partial charge is 0.349 e. The van der Waals surface area contributed by atoms with Gasteiger partial charge in [-0.1, -0.05) is 29.6 Å². The number of rotatable bonds is 3. The van der Waals surface area contributed by atoms with Gasteiger partial charge < -0.3 is 10.1 Å². The first-order chi connectivity index (χ1) is 15.7. The molecular formula is C22H15Cl2N5O4. The molecule has 0 bridgehead atoms. The number of hydrogen-bond acceptors (Lipinski definition) is 6. The van der Waals surface area contributed by atoms with Crippen LogP contribution in [0.25, 0.3) is 5.69 Å². The predicted octanol–water partition coefficient (Wildman–Crippen LogP) is 3.57. The minimum atomic E-state index is -0.889. The van der Waals surface area contributed by atoms with Gasteiger partial charge in [-0.05, 0) is 55.2 Å². The molecule has 1 aliphatic heterocycles. The molecule has 2 aliphatic rings. The van der Waals surface area contributed by atoms with Gasteiger partial charge in [0.1, 0.15) is 11.8 Å². The van der Waals surface area contributed by atoms with Crippen molar-refractivity contribution in [1.29, 1.82) is 5.26 Å². The maximum absolute atomic E-state index is 12.5. The summed E-state index contributed by atoms with van der Waals surface area (Å²) in [6.07, 6.45) is 2.56. The molecule has 2 heterocycles. The number of benzene rings is 2. The topological polar surface area (TPSA) is 130 Å². The van der Waals surface area contributed by atoms with Crippen LogP contribution in [0.15, 0.2) is 33.9 Å². The number of aryl methyl sites for hydroxylation is 1. The van der Waals surface area contributed by atoms with Crippen LogP contribution in [0.1, 0.15) is 36.1 Å². The van der Waals surface area contributed by atoms with Gasteiger partial charge in [-0.3, -0.25) is 14.6 Å². The second-order valence-electron chi connectivity index (χ2n) is 8.03. The van der Waals surface area contributed by atoms with Crippen LogP contribution in [0.5, 0.6) is 11.5 Å². The van der Waals surface area contributed by atoms with Gasteiger partial charge in [-0.15, -0.1) is 5.10 Å². The third-order valence-corrected chi connectivity index (χ3v) is 6.66. The van der Waals surface area contributed by atoms with Crippen LogP contribution in [-0.2, 0) is 10.2 Å². The standard InChI is InChI=1S/C22H15Cl2N5O4/c1-10-5-15-12(22(3-2-4-22)20(31)26-15)8-17(10)33-18-13(23)6-11(7-14(18)24)29-21(32)27-19(30)16(9-25)28-29/h5-8H,2-4H2,1H3,(H,26,31)(H,27,30,32). The maximum Gasteiger partial charge on any atom is 0.349 e. The maximum atomic E-state index is 12.5. The number of ether oxygens (including phenoxy) is 1. The highest BCUT2D eigenvalue weighted by Gasteiger charge is 2.51. The van der Waals surface area contributed by atoms with Crippen molar-refractivity contribution in [2.75, 3.05) is 5.32 Å². The molecule has 2 aromatic carbocycles. The Kier molecular flexibility index (Phi) is 4.81. The third-order valence-electron chi connectivity index (χ3n) is 6.09. The van der Waals surface area contributed by atoms with Gasteiger partial charge >= 0.3 is 5.69 Å². The van der Waals surface area contributed by atoms with Gasteiger partial charge in [-0.2, -0.15) is 9.94 Å². The molecule has 1 aromatic heterocycles. The molecular weight excluding hydrogens is 469 g/mol. The highest BCUT2D eigenvalue weighted by atomic mass is 35.5. The fourth-order valence-corrected chi connectivity index (χ4v) is 4.77. The van der Waals surface area contributed by atoms with Crippen molar-refractivity contribution in [3.05, 3.63) is 72.0 Å². The van der Waals surface area contributed by atoms with E-state index in [2.05, 4.69) is 10.4 Å². The van der Waals surface area contributed by atoms with Crippen LogP contribution in [0.2, 0.25) is 10.0 Å². The van der Waals surface area contributed by atoms with Crippen molar-refractivity contribution in [1.82, 2.24) is 14.8 Å². The summed E-state index contributed by atoms with van der Waals surface area (Å²) in [6, 6.07) is 8.09. The normalized spacial score (nSPS) is 15.5. The summed E-state index contributed by atoms with van der Waals surface area (Å²) in [5.74, 6) is 0.665. The molecule has 1 aliphatic carbocycles. The Bertz CT molecular complexity index is 1490. The molecule has 3 aromatic rings. The molecule has 0 unspecified atom stereocenters. The number of amides is 1. The largest absolute Gasteiger partial charge is 0.454 e. The van der Waals surface area contributed by atoms with Crippen molar-refractivity contribution < 1.29 is 9.53 Å². The monoisotopic (exact) mass is 483 g/mol. The van der Waals surface area contributed by atoms with Crippen LogP contribution in [-0.4, -0.2) is 20.7 Å². The fraction of sp³-hybridized carbons (Fsp3) is 0.227. The van der Waals surface area contributed by atoms with E-state index in [1.54, 1.807) is 6.07 Å². The highest BCUT2D eigenvalue weighted by molar-refractivity contribution is 6.37. The van der Waals surface area contributed by atoms with Gasteiger partial charge in [0.15, 0.2) is 5.75 Å². The zero-order valence-corrected chi connectivity index (χ0v) is 18.7. The molecule has 33 heavy (non-hydrogen) atoms. The molecule has 1 saturated carbocycles. The van der Waals surface area contributed by atoms with Crippen LogP contribution in [0.4, 0.5) is 5.69 Å². The third kappa shape index (κ3) is 3.22. The number of nitrogens with zero attached hydrogens (tertiary/aromatic N) is 3. The molecule has 0 atom stereocenters. The first kappa shape index (κ1) is 21.2. The number of H-pyrrole nitrogens is 1. The SMILES string of the molecule is Cc1cc2c(cc1Oc1c(Cl)cc(-n3nc(C#N)c(=O)[nH]c3=O)cc1Cl)C1(CCC1)C(=O)N2. The molecule has 1 fully saturated rings. The number of nitrogens with one attached hydrogen (secondary N) is 2. The Morgan fingerprint density at radius 2 is 1.85 bits per heavy atom. The van der Waals surface area contributed by atoms with E-state index in [1.807, 2.05) is 24.0 Å². The number of anilines is 1. The molecule has 0 saturated heterocycles. The Hall–Kier alpha value is -3.61. The van der Waals surface area contributed by atoms with E-state index >= 15 is 0 Å². The molecule has 11 heteroatoms. The number of nitriles is 1. The van der Waals surface area contributed by atoms with Crippen molar-refractivity contribution in [2.45, 2.75) is 31.6 Å². The first-order valence-corrected chi connectivity index (χ1v) is 10.8. The van der Waals surface area contributed by atoms with Crippen molar-refractivity contribution in [3.63, 3.8) is 0 Å². The number of halogens is 2. The summed E-state index contributed by atoms with van der Waals surface area (Å²) in [5, 5.41) is 15.9. The lowest BCUT2D eigenvalue weighted by Gasteiger charge is -2.36. The molecule has 9 nitrogen and oxygen atoms in total. The summed E-state index contributed by atoms with van der Waals surface area (Å²) in [7, 11) is 0. The summed E-state index contributed by atoms with van der Waals surface area (Å²) in [5.41, 5.74) is -0.122. The van der Waals surface area contributed by atoms with E-state index in [0.717, 1.165) is 40.8 Å². The lowest BCUT2D eigenvalue weighted by molar-refractivity contribution is -0.123. The zero-order chi connectivity index (χ0) is 23.5. The molecule has 1 amide bonds. The van der Waals surface area contributed by atoms with E-state index in [4.69, 9.17) is 33.2 Å². The summed E-state index contributed by atoms with van der Waals surface area (Å²) in [6.45, 7) is 1.84. The number of fused-ring (bicyclic) bond motifs is 2. The van der Waals surface area contributed by atoms with Gasteiger partial charge in [0.25, 0.3) is 5.56 Å². The average molecular weight is 484 g/mol. The summed E-state index contributed by atoms with van der Waals surface area (Å²) >= 11 is 12.8. The Labute approximate surface area is 196 Å². The minimum absolute atomic E-state index is 0.0105. The number of hydrogen-bond donors (Lipinski definition) is 2. The molecule has 166 valence electrons. The number of aromatic amines is 1. The second-order valence-corrected chi connectivity index (χ2v) is 8.84. The van der Waals surface area contributed by atoms with Crippen LogP contribution < -0.4 is 21.3 Å². The fourth-order valence-electron chi connectivity index (χ4n) is 4.21. The summed E-state index contributed by atoms with van der Waals surface area (Å²) < 4.78 is 6.88. The Morgan fingerprint density at radius 3 is 2.45 bits per heavy atom. The quantitative estimate of drug-likeness (QED) is 0.585. The van der Waals surface area contributed by atoms with E-state index < -0.39 is 22.4 Å². The van der Waals surface area contributed by atoms with Crippen LogP contribution >= 0.6 is 23.2 Å². The van der Waals surface area contributed by atoms with E-state index in [0.29, 0.717) is 5.75 Å². The van der Waals surface area contributed by atoms with Crippen molar-refractivity contribution in [2.24, 2.45) is 0 Å². The second kappa shape index (κ2) is 7.47. The summed E-state index contributed by atoms with van der Waals surface area (Å²) in [4.78, 5) is 38.3. The molecule has 5 rings (SSSR count). The van der Waals surface area contributed by atoms with E-state index in [9.17, 15) is 14.4 Å². The van der Waals surface area contributed by atoms with Crippen molar-refractivity contribution in [3.8, 4) is 23.3 Å². The minimum Gasteiger partial charge on any atom is -0.454 e. The van der Waals surface area contributed by atoms with Crippen molar-refractivity contribution >= 4 is 34.8 Å². The van der Waals surface area contributed by atoms with E-state index in [-0.39, 0.29) is 27.4 Å². The first-order valence-electron chi connectivity index (χ1n) is 10.0. The molecule has 2 N–H and O–H groups in total. The van der Waals surface area contributed by atoms with E-state index in [1.165, 1.54) is 12.1 Å². The van der Waals surface area contributed by atoms with Gasteiger partial charge in [0, 0.05) is 5.69 Å². The molecule has 0 radical (unpaired) electrons. The highest BCUT2D eigenvalue weighted by Crippen LogP contribution is 2.53. The van der Waals surface area contributed by atoms with Crippen LogP contribution in [0, 0.1) is 18.3 Å². The number of carbonyl (C=O) groups excluding carboxylic acids is 1. The number of aromatic nitrogens is 3. The lowest BCUT2D eigenvalue weighted by Crippen LogP contribution is -2.40. The Balaban J connectivity index is 1.55. The zero-order valence-electron chi connectivity index (χ0n) is 17.2. The van der Waals surface area contributed by atoms with Gasteiger partial charge in [0.05, 0.1) is 21.1 Å². The van der Waals surface area contributed by atoms with Gasteiger partial charge in [0.2, 0.25) is 11.6 Å². The van der Waals surface area contributed by atoms with Crippen LogP contribution in [0.3, 0.4) is 0 Å². The average Bonchev–Trinajstić information content (AvgIpc) is 3.01. The predicted molar refractivity (Wildman–Crippen MR) is 121 cm³/mol. The molecule has 1 spiro atoms. The lowest BCUT2D eigenvalue weighted by atomic mass is 9.65.